The van der Waals surface area contributed by atoms with Gasteiger partial charge < -0.3 is 15.3 Å². The lowest BCUT2D eigenvalue weighted by molar-refractivity contribution is 0.0340. The van der Waals surface area contributed by atoms with Crippen LogP contribution in [-0.4, -0.2) is 31.7 Å². The van der Waals surface area contributed by atoms with Crippen molar-refractivity contribution < 1.29 is 15.3 Å². The first-order valence-electron chi connectivity index (χ1n) is 4.16. The summed E-state index contributed by atoms with van der Waals surface area (Å²) in [6.45, 7) is -0.128. The molecule has 3 N–H and O–H groups in total. The van der Waals surface area contributed by atoms with Crippen LogP contribution in [0, 0.1) is 0 Å². The topological polar surface area (TPSA) is 73.6 Å². The van der Waals surface area contributed by atoms with Crippen molar-refractivity contribution in [1.82, 2.24) is 4.98 Å². The minimum Gasteiger partial charge on any atom is -0.390 e. The lowest BCUT2D eigenvalue weighted by Crippen LogP contribution is -2.19. The quantitative estimate of drug-likeness (QED) is 0.685. The van der Waals surface area contributed by atoms with E-state index in [0.29, 0.717) is 16.6 Å². The number of pyridine rings is 1. The lowest BCUT2D eigenvalue weighted by atomic mass is 10.1. The summed E-state index contributed by atoms with van der Waals surface area (Å²) in [5.74, 6) is 0. The maximum Gasteiger partial charge on any atom is 0.107 e. The molecule has 0 saturated heterocycles. The number of aliphatic hydroxyl groups excluding tert-OH is 3. The van der Waals surface area contributed by atoms with Gasteiger partial charge >= 0.3 is 0 Å². The Labute approximate surface area is 90.4 Å². The summed E-state index contributed by atoms with van der Waals surface area (Å²) in [6, 6.07) is 3.24. The Morgan fingerprint density at radius 2 is 2.07 bits per heavy atom. The minimum atomic E-state index is -0.949. The molecule has 0 amide bonds. The van der Waals surface area contributed by atoms with E-state index in [0.717, 1.165) is 0 Å². The molecule has 0 aromatic carbocycles. The van der Waals surface area contributed by atoms with Crippen LogP contribution in [0.15, 0.2) is 18.3 Å². The van der Waals surface area contributed by atoms with E-state index in [-0.39, 0.29) is 6.61 Å². The maximum atomic E-state index is 9.57. The average Bonchev–Trinajstić information content (AvgIpc) is 2.27. The smallest absolute Gasteiger partial charge is 0.107 e. The molecule has 1 aromatic heterocycles. The molecule has 0 saturated carbocycles. The number of aliphatic hydroxyl groups is 3. The van der Waals surface area contributed by atoms with Crippen molar-refractivity contribution in [3.63, 3.8) is 0 Å². The van der Waals surface area contributed by atoms with Crippen LogP contribution in [0.5, 0.6) is 0 Å². The molecule has 0 radical (unpaired) electrons. The summed E-state index contributed by atoms with van der Waals surface area (Å²) in [6.07, 6.45) is -0.353. The maximum absolute atomic E-state index is 9.57. The molecule has 5 heteroatoms. The van der Waals surface area contributed by atoms with Gasteiger partial charge in [-0.15, -0.1) is 0 Å². The van der Waals surface area contributed by atoms with Crippen molar-refractivity contribution in [2.45, 2.75) is 18.8 Å². The third-order valence-electron chi connectivity index (χ3n) is 1.87. The predicted octanol–water partition coefficient (Wildman–Crippen LogP) is 0.363. The highest BCUT2D eigenvalue weighted by molar-refractivity contribution is 9.09. The summed E-state index contributed by atoms with van der Waals surface area (Å²) in [5.41, 5.74) is 1.07. The molecule has 0 spiro atoms. The highest BCUT2D eigenvalue weighted by Crippen LogP contribution is 2.17. The van der Waals surface area contributed by atoms with Crippen molar-refractivity contribution in [1.29, 1.82) is 0 Å². The van der Waals surface area contributed by atoms with Gasteiger partial charge in [0.05, 0.1) is 18.4 Å². The van der Waals surface area contributed by atoms with Gasteiger partial charge in [-0.25, -0.2) is 0 Å². The van der Waals surface area contributed by atoms with Gasteiger partial charge in [0, 0.05) is 17.1 Å². The van der Waals surface area contributed by atoms with Gasteiger partial charge in [-0.05, 0) is 6.07 Å². The summed E-state index contributed by atoms with van der Waals surface area (Å²) in [7, 11) is 0. The van der Waals surface area contributed by atoms with Crippen LogP contribution in [0.2, 0.25) is 0 Å². The molecule has 1 heterocycles. The molecular weight excluding hydrogens is 250 g/mol. The van der Waals surface area contributed by atoms with E-state index in [2.05, 4.69) is 20.9 Å². The molecule has 0 fully saturated rings. The first-order valence-corrected chi connectivity index (χ1v) is 5.29. The van der Waals surface area contributed by atoms with Crippen LogP contribution in [0.1, 0.15) is 17.4 Å². The Morgan fingerprint density at radius 1 is 1.36 bits per heavy atom. The van der Waals surface area contributed by atoms with Crippen molar-refractivity contribution in [2.75, 3.05) is 5.33 Å². The number of alkyl halides is 1. The Hall–Kier alpha value is -0.490. The normalized spacial score (nSPS) is 15.1. The van der Waals surface area contributed by atoms with Crippen LogP contribution in [0.4, 0.5) is 0 Å². The first-order chi connectivity index (χ1) is 6.69. The summed E-state index contributed by atoms with van der Waals surface area (Å²) >= 11 is 3.07. The van der Waals surface area contributed by atoms with E-state index in [1.165, 1.54) is 6.20 Å². The summed E-state index contributed by atoms with van der Waals surface area (Å²) in [4.78, 5) is 3.90. The third-order valence-corrected chi connectivity index (χ3v) is 2.54. The second kappa shape index (κ2) is 5.41. The van der Waals surface area contributed by atoms with Gasteiger partial charge in [0.15, 0.2) is 0 Å². The van der Waals surface area contributed by atoms with E-state index >= 15 is 0 Å². The third kappa shape index (κ3) is 2.75. The number of nitrogens with zero attached hydrogens (tertiary/aromatic N) is 1. The fraction of sp³-hybridized carbons (Fsp3) is 0.444. The number of hydrogen-bond donors (Lipinski definition) is 3. The van der Waals surface area contributed by atoms with Gasteiger partial charge in [0.25, 0.3) is 0 Å². The first kappa shape index (κ1) is 11.6. The second-order valence-corrected chi connectivity index (χ2v) is 3.55. The fourth-order valence-corrected chi connectivity index (χ4v) is 1.37. The summed E-state index contributed by atoms with van der Waals surface area (Å²) in [5, 5.41) is 27.9. The van der Waals surface area contributed by atoms with E-state index in [9.17, 15) is 10.2 Å². The van der Waals surface area contributed by atoms with Crippen molar-refractivity contribution in [2.24, 2.45) is 0 Å². The minimum absolute atomic E-state index is 0.128. The standard InChI is InChI=1S/C9H12BrNO3/c10-3-8(13)9(14)6-1-2-7(5-12)11-4-6/h1-2,4,8-9,12-14H,3,5H2. The molecule has 2 atom stereocenters. The zero-order valence-corrected chi connectivity index (χ0v) is 9.05. The zero-order chi connectivity index (χ0) is 10.6. The molecular formula is C9H12BrNO3. The van der Waals surface area contributed by atoms with E-state index < -0.39 is 12.2 Å². The Balaban J connectivity index is 2.75. The van der Waals surface area contributed by atoms with Gasteiger partial charge in [-0.2, -0.15) is 0 Å². The van der Waals surface area contributed by atoms with Crippen molar-refractivity contribution in [3.8, 4) is 0 Å². The average molecular weight is 262 g/mol. The molecule has 1 aromatic rings. The molecule has 14 heavy (non-hydrogen) atoms. The van der Waals surface area contributed by atoms with Gasteiger partial charge in [-0.3, -0.25) is 4.98 Å². The molecule has 0 aliphatic heterocycles. The molecule has 0 bridgehead atoms. The summed E-state index contributed by atoms with van der Waals surface area (Å²) < 4.78 is 0. The van der Waals surface area contributed by atoms with Gasteiger partial charge in [-0.1, -0.05) is 22.0 Å². The number of rotatable bonds is 4. The van der Waals surface area contributed by atoms with E-state index in [1.54, 1.807) is 12.1 Å². The Morgan fingerprint density at radius 3 is 2.50 bits per heavy atom. The highest BCUT2D eigenvalue weighted by Gasteiger charge is 2.16. The SMILES string of the molecule is OCc1ccc(C(O)C(O)CBr)cn1. The van der Waals surface area contributed by atoms with E-state index in [1.807, 2.05) is 0 Å². The molecule has 0 aliphatic rings. The Kier molecular flexibility index (Phi) is 4.47. The van der Waals surface area contributed by atoms with Gasteiger partial charge in [0.2, 0.25) is 0 Å². The van der Waals surface area contributed by atoms with E-state index in [4.69, 9.17) is 5.11 Å². The molecule has 2 unspecified atom stereocenters. The van der Waals surface area contributed by atoms with Crippen molar-refractivity contribution in [3.05, 3.63) is 29.6 Å². The molecule has 0 aliphatic carbocycles. The Bertz CT molecular complexity index is 278. The van der Waals surface area contributed by atoms with Gasteiger partial charge in [0.1, 0.15) is 6.10 Å². The monoisotopic (exact) mass is 261 g/mol. The number of hydrogen-bond acceptors (Lipinski definition) is 4. The molecule has 4 nitrogen and oxygen atoms in total. The largest absolute Gasteiger partial charge is 0.390 e. The van der Waals surface area contributed by atoms with Crippen LogP contribution in [0.25, 0.3) is 0 Å². The van der Waals surface area contributed by atoms with Crippen molar-refractivity contribution >= 4 is 15.9 Å². The second-order valence-electron chi connectivity index (χ2n) is 2.91. The van der Waals surface area contributed by atoms with Crippen LogP contribution < -0.4 is 0 Å². The van der Waals surface area contributed by atoms with Crippen LogP contribution >= 0.6 is 15.9 Å². The number of aromatic nitrogens is 1. The predicted molar refractivity (Wildman–Crippen MR) is 54.9 cm³/mol. The zero-order valence-electron chi connectivity index (χ0n) is 7.47. The lowest BCUT2D eigenvalue weighted by Gasteiger charge is -2.15. The molecule has 1 rings (SSSR count). The van der Waals surface area contributed by atoms with Crippen LogP contribution in [0.3, 0.4) is 0 Å². The number of halogens is 1. The fourth-order valence-electron chi connectivity index (χ4n) is 1.01. The van der Waals surface area contributed by atoms with Crippen LogP contribution in [-0.2, 0) is 6.61 Å². The highest BCUT2D eigenvalue weighted by atomic mass is 79.9. The molecule has 78 valence electrons.